The molecule has 1 heterocycles. The summed E-state index contributed by atoms with van der Waals surface area (Å²) in [6.07, 6.45) is 0. The molecule has 1 saturated heterocycles. The fourth-order valence-electron chi connectivity index (χ4n) is 2.96. The molecule has 0 bridgehead atoms. The number of hydrogen-bond acceptors (Lipinski definition) is 2. The van der Waals surface area contributed by atoms with E-state index in [1.165, 1.54) is 16.3 Å². The van der Waals surface area contributed by atoms with Crippen LogP contribution in [0.4, 0.5) is 0 Å². The number of aliphatic imine (C=N–C) groups is 1. The van der Waals surface area contributed by atoms with Crippen molar-refractivity contribution < 1.29 is 4.74 Å². The smallest absolute Gasteiger partial charge is 0.191 e. The van der Waals surface area contributed by atoms with E-state index in [-0.39, 0.29) is 35.4 Å². The Morgan fingerprint density at radius 3 is 2.58 bits per heavy atom. The first-order valence-electron chi connectivity index (χ1n) is 8.14. The second kappa shape index (κ2) is 8.16. The van der Waals surface area contributed by atoms with Gasteiger partial charge in [-0.25, -0.2) is 0 Å². The van der Waals surface area contributed by atoms with Gasteiger partial charge < -0.3 is 15.4 Å². The third-order valence-electron chi connectivity index (χ3n) is 4.45. The minimum atomic E-state index is 0. The number of rotatable bonds is 4. The van der Waals surface area contributed by atoms with Gasteiger partial charge in [0.2, 0.25) is 0 Å². The van der Waals surface area contributed by atoms with Crippen LogP contribution in [0.3, 0.4) is 0 Å². The maximum absolute atomic E-state index is 5.30. The van der Waals surface area contributed by atoms with Gasteiger partial charge >= 0.3 is 0 Å². The SMILES string of the molecule is CN=C(NCC1(C)COC1)NC(C)c1cccc2ccccc12.I. The quantitative estimate of drug-likeness (QED) is 0.434. The first kappa shape index (κ1) is 19.0. The van der Waals surface area contributed by atoms with E-state index in [1.807, 2.05) is 7.05 Å². The summed E-state index contributed by atoms with van der Waals surface area (Å²) < 4.78 is 5.30. The number of hydrogen-bond donors (Lipinski definition) is 2. The third-order valence-corrected chi connectivity index (χ3v) is 4.45. The van der Waals surface area contributed by atoms with Crippen LogP contribution in [0.25, 0.3) is 10.8 Å². The van der Waals surface area contributed by atoms with Crippen molar-refractivity contribution in [3.63, 3.8) is 0 Å². The zero-order valence-electron chi connectivity index (χ0n) is 14.5. The minimum Gasteiger partial charge on any atom is -0.380 e. The van der Waals surface area contributed by atoms with E-state index in [0.717, 1.165) is 25.7 Å². The van der Waals surface area contributed by atoms with Crippen LogP contribution in [0.15, 0.2) is 47.5 Å². The highest BCUT2D eigenvalue weighted by Gasteiger charge is 2.33. The third kappa shape index (κ3) is 4.19. The summed E-state index contributed by atoms with van der Waals surface area (Å²) >= 11 is 0. The molecule has 0 aliphatic carbocycles. The molecule has 0 amide bonds. The van der Waals surface area contributed by atoms with E-state index in [4.69, 9.17) is 4.74 Å². The second-order valence-electron chi connectivity index (χ2n) is 6.66. The molecule has 0 saturated carbocycles. The standard InChI is InChI=1S/C19H25N3O.HI/c1-14(16-10-6-8-15-7-4-5-9-17(15)16)22-18(20-3)21-11-19(2)12-23-13-19;/h4-10,14H,11-13H2,1-3H3,(H2,20,21,22);1H. The highest BCUT2D eigenvalue weighted by molar-refractivity contribution is 14.0. The number of ether oxygens (including phenoxy) is 1. The molecule has 3 rings (SSSR count). The molecule has 2 N–H and O–H groups in total. The van der Waals surface area contributed by atoms with Gasteiger partial charge in [0.1, 0.15) is 0 Å². The molecule has 1 aliphatic rings. The van der Waals surface area contributed by atoms with Gasteiger partial charge in [0.15, 0.2) is 5.96 Å². The number of halogens is 1. The van der Waals surface area contributed by atoms with Crippen molar-refractivity contribution in [1.82, 2.24) is 10.6 Å². The molecule has 5 heteroatoms. The summed E-state index contributed by atoms with van der Waals surface area (Å²) in [6, 6.07) is 15.1. The molecule has 0 spiro atoms. The Balaban J connectivity index is 0.00000208. The van der Waals surface area contributed by atoms with Crippen LogP contribution in [0.5, 0.6) is 0 Å². The lowest BCUT2D eigenvalue weighted by Crippen LogP contribution is -2.51. The lowest BCUT2D eigenvalue weighted by molar-refractivity contribution is -0.0971. The first-order valence-corrected chi connectivity index (χ1v) is 8.14. The molecule has 2 aromatic carbocycles. The van der Waals surface area contributed by atoms with Crippen LogP contribution in [-0.2, 0) is 4.74 Å². The molecule has 0 radical (unpaired) electrons. The van der Waals surface area contributed by atoms with E-state index < -0.39 is 0 Å². The van der Waals surface area contributed by atoms with Crippen molar-refractivity contribution in [2.24, 2.45) is 10.4 Å². The van der Waals surface area contributed by atoms with Gasteiger partial charge in [-0.2, -0.15) is 0 Å². The molecular weight excluding hydrogens is 413 g/mol. The van der Waals surface area contributed by atoms with Gasteiger partial charge in [0.25, 0.3) is 0 Å². The van der Waals surface area contributed by atoms with Gasteiger partial charge in [-0.1, -0.05) is 49.4 Å². The van der Waals surface area contributed by atoms with Crippen molar-refractivity contribution in [3.05, 3.63) is 48.0 Å². The lowest BCUT2D eigenvalue weighted by Gasteiger charge is -2.38. The molecule has 1 atom stereocenters. The van der Waals surface area contributed by atoms with Crippen LogP contribution in [0.2, 0.25) is 0 Å². The Morgan fingerprint density at radius 2 is 1.92 bits per heavy atom. The Labute approximate surface area is 161 Å². The summed E-state index contributed by atoms with van der Waals surface area (Å²) in [6.45, 7) is 6.90. The highest BCUT2D eigenvalue weighted by atomic mass is 127. The van der Waals surface area contributed by atoms with E-state index >= 15 is 0 Å². The average Bonchev–Trinajstić information content (AvgIpc) is 2.56. The monoisotopic (exact) mass is 439 g/mol. The zero-order chi connectivity index (χ0) is 16.3. The van der Waals surface area contributed by atoms with Crippen molar-refractivity contribution in [3.8, 4) is 0 Å². The van der Waals surface area contributed by atoms with Crippen molar-refractivity contribution in [2.75, 3.05) is 26.8 Å². The predicted octanol–water partition coefficient (Wildman–Crippen LogP) is 3.72. The first-order chi connectivity index (χ1) is 11.1. The minimum absolute atomic E-state index is 0. The summed E-state index contributed by atoms with van der Waals surface area (Å²) in [5.41, 5.74) is 1.50. The van der Waals surface area contributed by atoms with Gasteiger partial charge in [0.05, 0.1) is 19.3 Å². The highest BCUT2D eigenvalue weighted by Crippen LogP contribution is 2.26. The normalized spacial score (nSPS) is 17.5. The molecule has 24 heavy (non-hydrogen) atoms. The molecular formula is C19H26IN3O. The Bertz CT molecular complexity index is 707. The Morgan fingerprint density at radius 1 is 1.21 bits per heavy atom. The lowest BCUT2D eigenvalue weighted by atomic mass is 9.89. The van der Waals surface area contributed by atoms with E-state index in [0.29, 0.717) is 0 Å². The molecule has 1 fully saturated rings. The van der Waals surface area contributed by atoms with Crippen LogP contribution in [0.1, 0.15) is 25.5 Å². The van der Waals surface area contributed by atoms with E-state index in [2.05, 4.69) is 71.9 Å². The van der Waals surface area contributed by atoms with Crippen LogP contribution in [0, 0.1) is 5.41 Å². The number of guanidine groups is 1. The number of benzene rings is 2. The molecule has 1 aliphatic heterocycles. The fraction of sp³-hybridized carbons (Fsp3) is 0.421. The fourth-order valence-corrected chi connectivity index (χ4v) is 2.96. The average molecular weight is 439 g/mol. The number of fused-ring (bicyclic) bond motifs is 1. The van der Waals surface area contributed by atoms with Crippen LogP contribution < -0.4 is 10.6 Å². The van der Waals surface area contributed by atoms with Crippen molar-refractivity contribution >= 4 is 40.7 Å². The van der Waals surface area contributed by atoms with Gasteiger partial charge in [-0.15, -0.1) is 24.0 Å². The van der Waals surface area contributed by atoms with E-state index in [1.54, 1.807) is 0 Å². The zero-order valence-corrected chi connectivity index (χ0v) is 16.8. The largest absolute Gasteiger partial charge is 0.380 e. The molecule has 1 unspecified atom stereocenters. The summed E-state index contributed by atoms with van der Waals surface area (Å²) in [5, 5.41) is 9.46. The van der Waals surface area contributed by atoms with Crippen molar-refractivity contribution in [2.45, 2.75) is 19.9 Å². The summed E-state index contributed by atoms with van der Waals surface area (Å²) in [4.78, 5) is 4.35. The topological polar surface area (TPSA) is 45.7 Å². The molecule has 2 aromatic rings. The predicted molar refractivity (Wildman–Crippen MR) is 111 cm³/mol. The number of nitrogens with zero attached hydrogens (tertiary/aromatic N) is 1. The molecule has 0 aromatic heterocycles. The summed E-state index contributed by atoms with van der Waals surface area (Å²) in [5.74, 6) is 0.832. The second-order valence-corrected chi connectivity index (χ2v) is 6.66. The van der Waals surface area contributed by atoms with Crippen molar-refractivity contribution in [1.29, 1.82) is 0 Å². The molecule has 4 nitrogen and oxygen atoms in total. The molecule has 130 valence electrons. The number of nitrogens with one attached hydrogen (secondary N) is 2. The van der Waals surface area contributed by atoms with Gasteiger partial charge in [-0.05, 0) is 23.3 Å². The Kier molecular flexibility index (Phi) is 6.46. The maximum atomic E-state index is 5.30. The van der Waals surface area contributed by atoms with Crippen LogP contribution >= 0.6 is 24.0 Å². The van der Waals surface area contributed by atoms with Crippen LogP contribution in [-0.4, -0.2) is 32.8 Å². The maximum Gasteiger partial charge on any atom is 0.191 e. The van der Waals surface area contributed by atoms with E-state index in [9.17, 15) is 0 Å². The van der Waals surface area contributed by atoms with Gasteiger partial charge in [-0.3, -0.25) is 4.99 Å². The Hall–Kier alpha value is -1.34. The summed E-state index contributed by atoms with van der Waals surface area (Å²) in [7, 11) is 1.81. The van der Waals surface area contributed by atoms with Gasteiger partial charge in [0, 0.05) is 19.0 Å².